The molecule has 0 amide bonds. The first kappa shape index (κ1) is 19.7. The van der Waals surface area contributed by atoms with E-state index in [1.54, 1.807) is 0 Å². The van der Waals surface area contributed by atoms with Crippen LogP contribution >= 0.6 is 11.3 Å². The van der Waals surface area contributed by atoms with Crippen LogP contribution in [-0.4, -0.2) is 42.9 Å². The number of hydrogen-bond acceptors (Lipinski definition) is 6. The second kappa shape index (κ2) is 8.88. The van der Waals surface area contributed by atoms with Gasteiger partial charge in [0.1, 0.15) is 36.0 Å². The average molecular weight is 427 g/mol. The first-order chi connectivity index (χ1) is 14.8. The molecule has 1 N–H and O–H groups in total. The molecular weight excluding hydrogens is 398 g/mol. The Labute approximate surface area is 180 Å². The van der Waals surface area contributed by atoms with Crippen LogP contribution < -0.4 is 14.4 Å². The summed E-state index contributed by atoms with van der Waals surface area (Å²) in [5.74, 6) is 3.19. The molecule has 158 valence electrons. The summed E-state index contributed by atoms with van der Waals surface area (Å²) in [4.78, 5) is 13.9. The van der Waals surface area contributed by atoms with Gasteiger partial charge in [0.25, 0.3) is 0 Å². The number of fused-ring (bicyclic) bond motifs is 3. The molecule has 3 aromatic rings. The van der Waals surface area contributed by atoms with Crippen molar-refractivity contribution in [1.82, 2.24) is 9.97 Å². The summed E-state index contributed by atoms with van der Waals surface area (Å²) in [6, 6.07) is 7.79. The second-order valence-electron chi connectivity index (χ2n) is 7.88. The third-order valence-electron chi connectivity index (χ3n) is 5.79. The first-order valence-corrected chi connectivity index (χ1v) is 11.7. The molecule has 6 nitrogen and oxygen atoms in total. The number of rotatable bonds is 6. The topological polar surface area (TPSA) is 57.9 Å². The van der Waals surface area contributed by atoms with Gasteiger partial charge in [0.2, 0.25) is 5.88 Å². The smallest absolute Gasteiger partial charge is 0.231 e. The lowest BCUT2D eigenvalue weighted by atomic mass is 9.97. The Morgan fingerprint density at radius 1 is 1.03 bits per heavy atom. The molecule has 1 fully saturated rings. The van der Waals surface area contributed by atoms with Gasteiger partial charge in [-0.3, -0.25) is 0 Å². The Morgan fingerprint density at radius 3 is 2.60 bits per heavy atom. The minimum atomic E-state index is 0.654. The number of nitrogens with zero attached hydrogens (tertiary/aromatic N) is 2. The molecule has 0 bridgehead atoms. The monoisotopic (exact) mass is 426 g/mol. The van der Waals surface area contributed by atoms with E-state index in [0.29, 0.717) is 12.5 Å². The number of nitrogens with one attached hydrogen (secondary N) is 1. The van der Waals surface area contributed by atoms with E-state index >= 15 is 0 Å². The van der Waals surface area contributed by atoms with Crippen LogP contribution in [-0.2, 0) is 24.1 Å². The summed E-state index contributed by atoms with van der Waals surface area (Å²) < 4.78 is 17.4. The largest absolute Gasteiger partial charge is 0.494 e. The molecule has 3 heterocycles. The molecule has 1 aliphatic heterocycles. The molecule has 7 heteroatoms. The standard InChI is InChI=1S/C23H27N3O3S/c1-2-28-16-7-9-17(10-8-16)29-22-21-18-5-3-4-6-19(18)30-23(21)25-20(24-22)15-26-11-13-27-14-12-26/h7-10H,2-6,11-15H2,1H3/p+1. The molecule has 5 rings (SSSR count). The van der Waals surface area contributed by atoms with Gasteiger partial charge in [0.05, 0.1) is 25.2 Å². The molecule has 0 unspecified atom stereocenters. The molecule has 0 atom stereocenters. The summed E-state index contributed by atoms with van der Waals surface area (Å²) in [6.07, 6.45) is 4.71. The number of aryl methyl sites for hydroxylation is 2. The number of hydrogen-bond donors (Lipinski definition) is 1. The maximum absolute atomic E-state index is 6.35. The summed E-state index contributed by atoms with van der Waals surface area (Å²) >= 11 is 1.82. The summed E-state index contributed by atoms with van der Waals surface area (Å²) in [5.41, 5.74) is 1.40. The van der Waals surface area contributed by atoms with Gasteiger partial charge in [-0.25, -0.2) is 4.98 Å². The molecule has 2 aromatic heterocycles. The predicted octanol–water partition coefficient (Wildman–Crippen LogP) is 3.18. The molecular formula is C23H28N3O3S+. The van der Waals surface area contributed by atoms with E-state index in [4.69, 9.17) is 24.2 Å². The van der Waals surface area contributed by atoms with Crippen molar-refractivity contribution >= 4 is 21.6 Å². The maximum Gasteiger partial charge on any atom is 0.231 e. The molecule has 1 aromatic carbocycles. The zero-order chi connectivity index (χ0) is 20.3. The Bertz CT molecular complexity index is 1010. The Morgan fingerprint density at radius 2 is 1.80 bits per heavy atom. The van der Waals surface area contributed by atoms with Gasteiger partial charge >= 0.3 is 0 Å². The number of morpholine rings is 1. The lowest BCUT2D eigenvalue weighted by Crippen LogP contribution is -3.12. The zero-order valence-corrected chi connectivity index (χ0v) is 18.2. The SMILES string of the molecule is CCOc1ccc(Oc2nc(C[NH+]3CCOCC3)nc3sc4c(c23)CCCC4)cc1. The number of thiophene rings is 1. The molecule has 1 saturated heterocycles. The minimum Gasteiger partial charge on any atom is -0.494 e. The van der Waals surface area contributed by atoms with Gasteiger partial charge in [-0.15, -0.1) is 11.3 Å². The summed E-state index contributed by atoms with van der Waals surface area (Å²) in [5, 5.41) is 1.12. The maximum atomic E-state index is 6.35. The molecule has 0 saturated carbocycles. The van der Waals surface area contributed by atoms with Crippen molar-refractivity contribution < 1.29 is 19.1 Å². The highest BCUT2D eigenvalue weighted by Gasteiger charge is 2.24. The van der Waals surface area contributed by atoms with Crippen molar-refractivity contribution in [2.24, 2.45) is 0 Å². The third-order valence-corrected chi connectivity index (χ3v) is 6.97. The molecule has 0 spiro atoms. The Hall–Kier alpha value is -2.22. The molecule has 2 aliphatic rings. The van der Waals surface area contributed by atoms with Crippen molar-refractivity contribution in [3.8, 4) is 17.4 Å². The van der Waals surface area contributed by atoms with Crippen LogP contribution in [0.15, 0.2) is 24.3 Å². The van der Waals surface area contributed by atoms with E-state index in [1.165, 1.54) is 28.2 Å². The highest BCUT2D eigenvalue weighted by Crippen LogP contribution is 2.40. The quantitative estimate of drug-likeness (QED) is 0.656. The van der Waals surface area contributed by atoms with Crippen LogP contribution in [0.5, 0.6) is 17.4 Å². The van der Waals surface area contributed by atoms with E-state index in [2.05, 4.69) is 0 Å². The van der Waals surface area contributed by atoms with Crippen LogP contribution in [0.3, 0.4) is 0 Å². The minimum absolute atomic E-state index is 0.654. The third kappa shape index (κ3) is 4.15. The van der Waals surface area contributed by atoms with Crippen LogP contribution in [0, 0.1) is 0 Å². The van der Waals surface area contributed by atoms with E-state index in [-0.39, 0.29) is 0 Å². The van der Waals surface area contributed by atoms with E-state index in [0.717, 1.165) is 73.2 Å². The first-order valence-electron chi connectivity index (χ1n) is 10.9. The molecule has 0 radical (unpaired) electrons. The fourth-order valence-corrected chi connectivity index (χ4v) is 5.53. The predicted molar refractivity (Wildman–Crippen MR) is 117 cm³/mol. The second-order valence-corrected chi connectivity index (χ2v) is 8.97. The summed E-state index contributed by atoms with van der Waals surface area (Å²) in [6.45, 7) is 7.05. The van der Waals surface area contributed by atoms with Gasteiger partial charge in [-0.05, 0) is 62.4 Å². The van der Waals surface area contributed by atoms with Crippen molar-refractivity contribution in [2.45, 2.75) is 39.2 Å². The van der Waals surface area contributed by atoms with Crippen LogP contribution in [0.4, 0.5) is 0 Å². The lowest BCUT2D eigenvalue weighted by Gasteiger charge is -2.23. The van der Waals surface area contributed by atoms with Crippen LogP contribution in [0.2, 0.25) is 0 Å². The number of aromatic nitrogens is 2. The summed E-state index contributed by atoms with van der Waals surface area (Å²) in [7, 11) is 0. The van der Waals surface area contributed by atoms with Gasteiger partial charge in [0.15, 0.2) is 5.82 Å². The van der Waals surface area contributed by atoms with Gasteiger partial charge < -0.3 is 19.1 Å². The zero-order valence-electron chi connectivity index (χ0n) is 17.4. The van der Waals surface area contributed by atoms with Gasteiger partial charge in [-0.1, -0.05) is 0 Å². The van der Waals surface area contributed by atoms with E-state index < -0.39 is 0 Å². The van der Waals surface area contributed by atoms with E-state index in [1.807, 2.05) is 42.5 Å². The fraction of sp³-hybridized carbons (Fsp3) is 0.478. The number of benzene rings is 1. The number of ether oxygens (including phenoxy) is 3. The van der Waals surface area contributed by atoms with Crippen LogP contribution in [0.1, 0.15) is 36.0 Å². The lowest BCUT2D eigenvalue weighted by molar-refractivity contribution is -0.922. The molecule has 1 aliphatic carbocycles. The van der Waals surface area contributed by atoms with E-state index in [9.17, 15) is 0 Å². The fourth-order valence-electron chi connectivity index (χ4n) is 4.26. The molecule has 30 heavy (non-hydrogen) atoms. The van der Waals surface area contributed by atoms with Crippen molar-refractivity contribution in [3.63, 3.8) is 0 Å². The Balaban J connectivity index is 1.50. The van der Waals surface area contributed by atoms with Crippen molar-refractivity contribution in [2.75, 3.05) is 32.9 Å². The van der Waals surface area contributed by atoms with Crippen LogP contribution in [0.25, 0.3) is 10.2 Å². The average Bonchev–Trinajstić information content (AvgIpc) is 3.15. The van der Waals surface area contributed by atoms with Gasteiger partial charge in [0, 0.05) is 4.88 Å². The normalized spacial score (nSPS) is 17.1. The van der Waals surface area contributed by atoms with Crippen molar-refractivity contribution in [1.29, 1.82) is 0 Å². The highest BCUT2D eigenvalue weighted by atomic mass is 32.1. The highest BCUT2D eigenvalue weighted by molar-refractivity contribution is 7.18. The Kier molecular flexibility index (Phi) is 5.84. The van der Waals surface area contributed by atoms with Gasteiger partial charge in [-0.2, -0.15) is 4.98 Å². The number of quaternary nitrogens is 1. The van der Waals surface area contributed by atoms with Crippen molar-refractivity contribution in [3.05, 3.63) is 40.5 Å².